The van der Waals surface area contributed by atoms with Gasteiger partial charge in [0.25, 0.3) is 0 Å². The fourth-order valence-corrected chi connectivity index (χ4v) is 2.87. The molecule has 124 valence electrons. The second-order valence-electron chi connectivity index (χ2n) is 6.10. The van der Waals surface area contributed by atoms with Gasteiger partial charge in [0.15, 0.2) is 0 Å². The van der Waals surface area contributed by atoms with Crippen LogP contribution in [-0.4, -0.2) is 25.6 Å². The van der Waals surface area contributed by atoms with E-state index < -0.39 is 5.97 Å². The average molecular weight is 323 g/mol. The number of carboxylic acid groups (broad SMARTS) is 1. The zero-order valence-electron chi connectivity index (χ0n) is 14.0. The Bertz CT molecular complexity index is 869. The van der Waals surface area contributed by atoms with Crippen molar-refractivity contribution in [3.63, 3.8) is 0 Å². The standard InChI is InChI=1S/C19H21N3O2/c1-13-11-16-17(12-14(13)2)22(10-4-3-5-18(23)24)19(21-16)15-6-8-20-9-7-15/h6-9,11-12H,3-5,10H2,1-2H3,(H,23,24). The zero-order valence-corrected chi connectivity index (χ0v) is 14.0. The molecule has 0 spiro atoms. The molecule has 0 aliphatic rings. The highest BCUT2D eigenvalue weighted by Gasteiger charge is 2.13. The molecule has 0 saturated heterocycles. The van der Waals surface area contributed by atoms with Gasteiger partial charge >= 0.3 is 5.97 Å². The van der Waals surface area contributed by atoms with Crippen molar-refractivity contribution >= 4 is 17.0 Å². The van der Waals surface area contributed by atoms with Crippen LogP contribution in [0.3, 0.4) is 0 Å². The van der Waals surface area contributed by atoms with E-state index in [2.05, 4.69) is 35.5 Å². The van der Waals surface area contributed by atoms with Crippen molar-refractivity contribution in [2.75, 3.05) is 0 Å². The van der Waals surface area contributed by atoms with Crippen LogP contribution in [0.4, 0.5) is 0 Å². The molecule has 24 heavy (non-hydrogen) atoms. The van der Waals surface area contributed by atoms with E-state index in [9.17, 15) is 4.79 Å². The topological polar surface area (TPSA) is 68.0 Å². The number of nitrogens with zero attached hydrogens (tertiary/aromatic N) is 3. The predicted octanol–water partition coefficient (Wildman–Crippen LogP) is 3.97. The summed E-state index contributed by atoms with van der Waals surface area (Å²) in [6.07, 6.45) is 5.20. The molecule has 5 nitrogen and oxygen atoms in total. The molecule has 1 N–H and O–H groups in total. The van der Waals surface area contributed by atoms with Gasteiger partial charge in [0.05, 0.1) is 11.0 Å². The molecular weight excluding hydrogens is 302 g/mol. The lowest BCUT2D eigenvalue weighted by Crippen LogP contribution is -2.03. The molecule has 0 unspecified atom stereocenters. The normalized spacial score (nSPS) is 11.1. The highest BCUT2D eigenvalue weighted by Crippen LogP contribution is 2.27. The molecule has 0 amide bonds. The molecule has 0 aliphatic carbocycles. The number of hydrogen-bond acceptors (Lipinski definition) is 3. The summed E-state index contributed by atoms with van der Waals surface area (Å²) < 4.78 is 2.19. The number of pyridine rings is 1. The third-order valence-corrected chi connectivity index (χ3v) is 4.32. The minimum Gasteiger partial charge on any atom is -0.481 e. The Morgan fingerprint density at radius 2 is 1.83 bits per heavy atom. The van der Waals surface area contributed by atoms with Crippen molar-refractivity contribution in [3.05, 3.63) is 47.8 Å². The van der Waals surface area contributed by atoms with Gasteiger partial charge in [-0.2, -0.15) is 0 Å². The fraction of sp³-hybridized carbons (Fsp3) is 0.316. The van der Waals surface area contributed by atoms with Crippen molar-refractivity contribution in [2.24, 2.45) is 0 Å². The van der Waals surface area contributed by atoms with E-state index in [1.165, 1.54) is 11.1 Å². The van der Waals surface area contributed by atoms with E-state index >= 15 is 0 Å². The smallest absolute Gasteiger partial charge is 0.303 e. The van der Waals surface area contributed by atoms with Gasteiger partial charge in [-0.05, 0) is 62.1 Å². The Kier molecular flexibility index (Phi) is 4.60. The highest BCUT2D eigenvalue weighted by atomic mass is 16.4. The Balaban J connectivity index is 2.02. The summed E-state index contributed by atoms with van der Waals surface area (Å²) in [6, 6.07) is 8.19. The number of rotatable bonds is 6. The molecule has 1 aromatic carbocycles. The molecule has 0 bridgehead atoms. The summed E-state index contributed by atoms with van der Waals surface area (Å²) in [6.45, 7) is 4.94. The first-order valence-corrected chi connectivity index (χ1v) is 8.16. The van der Waals surface area contributed by atoms with Gasteiger partial charge in [-0.1, -0.05) is 0 Å². The van der Waals surface area contributed by atoms with Crippen LogP contribution >= 0.6 is 0 Å². The quantitative estimate of drug-likeness (QED) is 0.697. The molecule has 3 aromatic rings. The van der Waals surface area contributed by atoms with E-state index in [0.717, 1.165) is 35.4 Å². The molecule has 0 saturated carbocycles. The van der Waals surface area contributed by atoms with Crippen molar-refractivity contribution in [3.8, 4) is 11.4 Å². The first-order valence-electron chi connectivity index (χ1n) is 8.16. The lowest BCUT2D eigenvalue weighted by molar-refractivity contribution is -0.137. The fourth-order valence-electron chi connectivity index (χ4n) is 2.87. The largest absolute Gasteiger partial charge is 0.481 e. The Morgan fingerprint density at radius 3 is 2.54 bits per heavy atom. The molecule has 5 heteroatoms. The molecule has 2 aromatic heterocycles. The number of carboxylic acids is 1. The van der Waals surface area contributed by atoms with Gasteiger partial charge in [-0.15, -0.1) is 0 Å². The predicted molar refractivity (Wildman–Crippen MR) is 93.9 cm³/mol. The molecule has 3 rings (SSSR count). The van der Waals surface area contributed by atoms with Crippen molar-refractivity contribution in [1.82, 2.24) is 14.5 Å². The molecule has 0 radical (unpaired) electrons. The molecule has 2 heterocycles. The van der Waals surface area contributed by atoms with Gasteiger partial charge < -0.3 is 9.67 Å². The highest BCUT2D eigenvalue weighted by molar-refractivity contribution is 5.82. The van der Waals surface area contributed by atoms with Gasteiger partial charge in [0.1, 0.15) is 5.82 Å². The van der Waals surface area contributed by atoms with Crippen LogP contribution in [0.15, 0.2) is 36.7 Å². The summed E-state index contributed by atoms with van der Waals surface area (Å²) in [5, 5.41) is 8.82. The number of aliphatic carboxylic acids is 1. The van der Waals surface area contributed by atoms with Gasteiger partial charge in [0.2, 0.25) is 0 Å². The summed E-state index contributed by atoms with van der Waals surface area (Å²) >= 11 is 0. The van der Waals surface area contributed by atoms with Crippen LogP contribution < -0.4 is 0 Å². The Hall–Kier alpha value is -2.69. The molecule has 0 aliphatic heterocycles. The summed E-state index contributed by atoms with van der Waals surface area (Å²) in [5.74, 6) is 0.166. The molecule has 0 fully saturated rings. The average Bonchev–Trinajstić information content (AvgIpc) is 2.90. The summed E-state index contributed by atoms with van der Waals surface area (Å²) in [7, 11) is 0. The van der Waals surface area contributed by atoms with Gasteiger partial charge in [0, 0.05) is 30.9 Å². The van der Waals surface area contributed by atoms with Crippen LogP contribution in [-0.2, 0) is 11.3 Å². The van der Waals surface area contributed by atoms with Crippen LogP contribution in [0.25, 0.3) is 22.4 Å². The number of unbranched alkanes of at least 4 members (excludes halogenated alkanes) is 1. The maximum absolute atomic E-state index is 10.7. The minimum absolute atomic E-state index is 0.204. The number of imidazole rings is 1. The maximum Gasteiger partial charge on any atom is 0.303 e. The summed E-state index contributed by atoms with van der Waals surface area (Å²) in [5.41, 5.74) is 5.55. The zero-order chi connectivity index (χ0) is 17.1. The lowest BCUT2D eigenvalue weighted by atomic mass is 10.1. The third-order valence-electron chi connectivity index (χ3n) is 4.32. The summed E-state index contributed by atoms with van der Waals surface area (Å²) in [4.78, 5) is 19.6. The number of carbonyl (C=O) groups is 1. The first kappa shape index (κ1) is 16.2. The number of aryl methyl sites for hydroxylation is 3. The minimum atomic E-state index is -0.744. The number of aromatic nitrogens is 3. The number of hydrogen-bond donors (Lipinski definition) is 1. The van der Waals surface area contributed by atoms with Crippen molar-refractivity contribution in [1.29, 1.82) is 0 Å². The number of fused-ring (bicyclic) bond motifs is 1. The van der Waals surface area contributed by atoms with Crippen LogP contribution in [0.5, 0.6) is 0 Å². The number of benzene rings is 1. The van der Waals surface area contributed by atoms with E-state index in [-0.39, 0.29) is 6.42 Å². The van der Waals surface area contributed by atoms with Gasteiger partial charge in [-0.3, -0.25) is 9.78 Å². The second kappa shape index (κ2) is 6.83. The van der Waals surface area contributed by atoms with E-state index in [1.54, 1.807) is 12.4 Å². The van der Waals surface area contributed by atoms with Gasteiger partial charge in [-0.25, -0.2) is 4.98 Å². The second-order valence-corrected chi connectivity index (χ2v) is 6.10. The van der Waals surface area contributed by atoms with E-state index in [4.69, 9.17) is 10.1 Å². The Labute approximate surface area is 141 Å². The van der Waals surface area contributed by atoms with E-state index in [1.807, 2.05) is 12.1 Å². The lowest BCUT2D eigenvalue weighted by Gasteiger charge is -2.09. The SMILES string of the molecule is Cc1cc2nc(-c3ccncc3)n(CCCCC(=O)O)c2cc1C. The first-order chi connectivity index (χ1) is 11.6. The van der Waals surface area contributed by atoms with Crippen LogP contribution in [0.1, 0.15) is 30.4 Å². The third kappa shape index (κ3) is 3.30. The van der Waals surface area contributed by atoms with Crippen molar-refractivity contribution in [2.45, 2.75) is 39.7 Å². The maximum atomic E-state index is 10.7. The van der Waals surface area contributed by atoms with Crippen LogP contribution in [0, 0.1) is 13.8 Å². The molecular formula is C19H21N3O2. The monoisotopic (exact) mass is 323 g/mol. The van der Waals surface area contributed by atoms with Crippen molar-refractivity contribution < 1.29 is 9.90 Å². The Morgan fingerprint density at radius 1 is 1.12 bits per heavy atom. The molecule has 0 atom stereocenters. The van der Waals surface area contributed by atoms with E-state index in [0.29, 0.717) is 6.42 Å². The van der Waals surface area contributed by atoms with Crippen LogP contribution in [0.2, 0.25) is 0 Å².